The van der Waals surface area contributed by atoms with Gasteiger partial charge in [-0.1, -0.05) is 42.5 Å². The summed E-state index contributed by atoms with van der Waals surface area (Å²) in [7, 11) is 0. The van der Waals surface area contributed by atoms with Crippen LogP contribution in [-0.4, -0.2) is 11.6 Å². The van der Waals surface area contributed by atoms with E-state index in [-0.39, 0.29) is 17.3 Å². The third-order valence-electron chi connectivity index (χ3n) is 4.61. The first-order valence-electron chi connectivity index (χ1n) is 8.29. The van der Waals surface area contributed by atoms with Crippen molar-refractivity contribution in [3.8, 4) is 0 Å². The van der Waals surface area contributed by atoms with Crippen LogP contribution in [0.3, 0.4) is 0 Å². The molecule has 0 fully saturated rings. The molecule has 0 saturated carbocycles. The van der Waals surface area contributed by atoms with Gasteiger partial charge in [0.25, 0.3) is 0 Å². The maximum absolute atomic E-state index is 12.7. The first-order chi connectivity index (χ1) is 12.7. The number of rotatable bonds is 2. The molecule has 4 heteroatoms. The quantitative estimate of drug-likeness (QED) is 0.561. The second kappa shape index (κ2) is 5.43. The van der Waals surface area contributed by atoms with Crippen LogP contribution in [0.5, 0.6) is 0 Å². The summed E-state index contributed by atoms with van der Waals surface area (Å²) in [5, 5.41) is 5.13. The van der Waals surface area contributed by atoms with Crippen LogP contribution in [-0.2, 0) is 0 Å². The summed E-state index contributed by atoms with van der Waals surface area (Å²) >= 11 is 0. The van der Waals surface area contributed by atoms with E-state index in [1.54, 1.807) is 24.3 Å². The number of allylic oxidation sites excluding steroid dienone is 2. The number of para-hydroxylation sites is 1. The minimum atomic E-state index is -0.190. The van der Waals surface area contributed by atoms with E-state index >= 15 is 0 Å². The maximum Gasteiger partial charge on any atom is 0.210 e. The fourth-order valence-electron chi connectivity index (χ4n) is 3.37. The highest BCUT2D eigenvalue weighted by Gasteiger charge is 2.25. The lowest BCUT2D eigenvalue weighted by molar-refractivity contribution is 0.0985. The molecule has 4 aromatic rings. The highest BCUT2D eigenvalue weighted by Crippen LogP contribution is 2.31. The van der Waals surface area contributed by atoms with Crippen molar-refractivity contribution in [1.29, 1.82) is 0 Å². The first-order valence-corrected chi connectivity index (χ1v) is 8.29. The molecule has 0 bridgehead atoms. The van der Waals surface area contributed by atoms with E-state index in [0.717, 1.165) is 21.9 Å². The largest absolute Gasteiger partial charge is 0.456 e. The predicted octanol–water partition coefficient (Wildman–Crippen LogP) is 4.96. The Bertz CT molecular complexity index is 1250. The molecule has 1 aliphatic rings. The molecule has 1 heterocycles. The molecule has 0 atom stereocenters. The number of furan rings is 1. The van der Waals surface area contributed by atoms with Gasteiger partial charge in [0.1, 0.15) is 11.2 Å². The zero-order valence-electron chi connectivity index (χ0n) is 13.7. The van der Waals surface area contributed by atoms with Gasteiger partial charge >= 0.3 is 0 Å². The second-order valence-electron chi connectivity index (χ2n) is 6.23. The van der Waals surface area contributed by atoms with E-state index in [0.29, 0.717) is 16.8 Å². The van der Waals surface area contributed by atoms with Crippen LogP contribution in [0.25, 0.3) is 21.9 Å². The molecule has 5 rings (SSSR count). The third kappa shape index (κ3) is 2.16. The second-order valence-corrected chi connectivity index (χ2v) is 6.23. The van der Waals surface area contributed by atoms with Gasteiger partial charge in [-0.05, 0) is 18.2 Å². The van der Waals surface area contributed by atoms with Gasteiger partial charge in [0, 0.05) is 39.7 Å². The van der Waals surface area contributed by atoms with Crippen molar-refractivity contribution in [3.05, 3.63) is 89.6 Å². The third-order valence-corrected chi connectivity index (χ3v) is 4.61. The van der Waals surface area contributed by atoms with Gasteiger partial charge in [-0.3, -0.25) is 9.59 Å². The van der Waals surface area contributed by atoms with Gasteiger partial charge in [-0.25, -0.2) is 0 Å². The Morgan fingerprint density at radius 3 is 2.35 bits per heavy atom. The lowest BCUT2D eigenvalue weighted by Gasteiger charge is -2.16. The van der Waals surface area contributed by atoms with Crippen LogP contribution in [0, 0.1) is 0 Å². The van der Waals surface area contributed by atoms with E-state index in [2.05, 4.69) is 5.32 Å². The standard InChI is InChI=1S/C22H13NO3/c24-19-12-18(22(25)17-7-2-1-5-14(17)19)23-13-9-10-16-15-6-3-4-8-20(15)26-21(16)11-13/h1-12,23H. The molecule has 0 radical (unpaired) electrons. The van der Waals surface area contributed by atoms with Gasteiger partial charge in [0.05, 0.1) is 5.70 Å². The smallest absolute Gasteiger partial charge is 0.210 e. The van der Waals surface area contributed by atoms with E-state index in [1.807, 2.05) is 42.5 Å². The molecule has 0 saturated heterocycles. The van der Waals surface area contributed by atoms with Crippen molar-refractivity contribution in [3.63, 3.8) is 0 Å². The minimum Gasteiger partial charge on any atom is -0.456 e. The zero-order valence-corrected chi connectivity index (χ0v) is 13.7. The average Bonchev–Trinajstić information content (AvgIpc) is 3.04. The molecular formula is C22H13NO3. The number of benzene rings is 3. The minimum absolute atomic E-state index is 0.174. The van der Waals surface area contributed by atoms with Gasteiger partial charge in [-0.15, -0.1) is 0 Å². The van der Waals surface area contributed by atoms with Crippen molar-refractivity contribution in [2.24, 2.45) is 0 Å². The van der Waals surface area contributed by atoms with E-state index in [1.165, 1.54) is 6.08 Å². The molecule has 26 heavy (non-hydrogen) atoms. The predicted molar refractivity (Wildman–Crippen MR) is 101 cm³/mol. The van der Waals surface area contributed by atoms with E-state index < -0.39 is 0 Å². The summed E-state index contributed by atoms with van der Waals surface area (Å²) in [6.07, 6.45) is 1.35. The first kappa shape index (κ1) is 14.7. The number of carbonyl (C=O) groups excluding carboxylic acids is 2. The fraction of sp³-hybridized carbons (Fsp3) is 0. The van der Waals surface area contributed by atoms with Crippen LogP contribution in [0.1, 0.15) is 20.7 Å². The number of nitrogens with one attached hydrogen (secondary N) is 1. The number of hydrogen-bond acceptors (Lipinski definition) is 4. The molecule has 1 N–H and O–H groups in total. The Kier molecular flexibility index (Phi) is 3.06. The van der Waals surface area contributed by atoms with Crippen LogP contribution in [0.15, 0.2) is 82.9 Å². The summed E-state index contributed by atoms with van der Waals surface area (Å²) in [5.41, 5.74) is 3.37. The number of Topliss-reactive ketones (excluding diaryl/α,β-unsaturated/α-hetero) is 1. The molecule has 0 aliphatic heterocycles. The van der Waals surface area contributed by atoms with Gasteiger partial charge in [0.2, 0.25) is 5.78 Å². The van der Waals surface area contributed by atoms with Crippen LogP contribution >= 0.6 is 0 Å². The topological polar surface area (TPSA) is 59.3 Å². The summed E-state index contributed by atoms with van der Waals surface area (Å²) in [5.74, 6) is -0.364. The Morgan fingerprint density at radius 2 is 1.46 bits per heavy atom. The molecule has 0 unspecified atom stereocenters. The summed E-state index contributed by atoms with van der Waals surface area (Å²) in [4.78, 5) is 24.9. The Balaban J connectivity index is 1.54. The van der Waals surface area contributed by atoms with E-state index in [9.17, 15) is 9.59 Å². The fourth-order valence-corrected chi connectivity index (χ4v) is 3.37. The zero-order chi connectivity index (χ0) is 17.7. The molecule has 124 valence electrons. The molecular weight excluding hydrogens is 326 g/mol. The maximum atomic E-state index is 12.7. The summed E-state index contributed by atoms with van der Waals surface area (Å²) < 4.78 is 5.88. The number of fused-ring (bicyclic) bond motifs is 4. The van der Waals surface area contributed by atoms with Crippen molar-refractivity contribution in [1.82, 2.24) is 0 Å². The van der Waals surface area contributed by atoms with Crippen LogP contribution < -0.4 is 5.32 Å². The number of anilines is 1. The average molecular weight is 339 g/mol. The molecule has 3 aromatic carbocycles. The summed E-state index contributed by atoms with van der Waals surface area (Å²) in [6, 6.07) is 20.4. The van der Waals surface area contributed by atoms with Crippen molar-refractivity contribution in [2.45, 2.75) is 0 Å². The number of hydrogen-bond donors (Lipinski definition) is 1. The lowest BCUT2D eigenvalue weighted by atomic mass is 9.92. The number of ketones is 2. The monoisotopic (exact) mass is 339 g/mol. The van der Waals surface area contributed by atoms with E-state index in [4.69, 9.17) is 4.42 Å². The van der Waals surface area contributed by atoms with Crippen molar-refractivity contribution < 1.29 is 14.0 Å². The van der Waals surface area contributed by atoms with Gasteiger partial charge in [0.15, 0.2) is 5.78 Å². The lowest BCUT2D eigenvalue weighted by Crippen LogP contribution is -2.21. The van der Waals surface area contributed by atoms with Gasteiger partial charge in [-0.2, -0.15) is 0 Å². The molecule has 1 aromatic heterocycles. The normalized spacial score (nSPS) is 13.8. The van der Waals surface area contributed by atoms with Crippen LogP contribution in [0.2, 0.25) is 0 Å². The molecule has 4 nitrogen and oxygen atoms in total. The van der Waals surface area contributed by atoms with Crippen molar-refractivity contribution in [2.75, 3.05) is 5.32 Å². The SMILES string of the molecule is O=C1C=C(Nc2ccc3c(c2)oc2ccccc23)C(=O)c2ccccc21. The Hall–Kier alpha value is -3.66. The molecule has 1 aliphatic carbocycles. The summed E-state index contributed by atoms with van der Waals surface area (Å²) in [6.45, 7) is 0. The molecule has 0 amide bonds. The molecule has 0 spiro atoms. The Labute approximate surface area is 148 Å². The van der Waals surface area contributed by atoms with Crippen molar-refractivity contribution >= 4 is 39.2 Å². The van der Waals surface area contributed by atoms with Gasteiger partial charge < -0.3 is 9.73 Å². The Morgan fingerprint density at radius 1 is 0.731 bits per heavy atom. The highest BCUT2D eigenvalue weighted by molar-refractivity contribution is 6.25. The highest BCUT2D eigenvalue weighted by atomic mass is 16.3. The van der Waals surface area contributed by atoms with Crippen LogP contribution in [0.4, 0.5) is 5.69 Å². The number of carbonyl (C=O) groups is 2.